The Morgan fingerprint density at radius 1 is 1.00 bits per heavy atom. The number of rotatable bonds is 2. The molecule has 4 nitrogen and oxygen atoms in total. The van der Waals surface area contributed by atoms with Crippen molar-refractivity contribution in [2.75, 3.05) is 0 Å². The van der Waals surface area contributed by atoms with Gasteiger partial charge in [-0.15, -0.1) is 0 Å². The molecule has 4 aliphatic carbocycles. The molecule has 0 spiro atoms. The van der Waals surface area contributed by atoms with Crippen molar-refractivity contribution in [3.8, 4) is 0 Å². The third-order valence-corrected chi connectivity index (χ3v) is 6.08. The van der Waals surface area contributed by atoms with E-state index in [9.17, 15) is 9.59 Å². The summed E-state index contributed by atoms with van der Waals surface area (Å²) in [6, 6.07) is 7.14. The van der Waals surface area contributed by atoms with Crippen LogP contribution in [0, 0.1) is 35.5 Å². The molecule has 1 saturated heterocycles. The average Bonchev–Trinajstić information content (AvgIpc) is 3.33. The predicted octanol–water partition coefficient (Wildman–Crippen LogP) is 2.73. The first-order valence-electron chi connectivity index (χ1n) is 8.01. The molecule has 116 valence electrons. The molecule has 1 heterocycles. The van der Waals surface area contributed by atoms with E-state index in [-0.39, 0.29) is 35.5 Å². The van der Waals surface area contributed by atoms with Crippen LogP contribution < -0.4 is 0 Å². The lowest BCUT2D eigenvalue weighted by molar-refractivity contribution is -0.140. The lowest BCUT2D eigenvalue weighted by atomic mass is 9.63. The van der Waals surface area contributed by atoms with E-state index in [1.807, 2.05) is 12.1 Å². The molecule has 2 saturated carbocycles. The van der Waals surface area contributed by atoms with Gasteiger partial charge in [-0.2, -0.15) is 10.1 Å². The summed E-state index contributed by atoms with van der Waals surface area (Å²) in [7, 11) is 0. The fourth-order valence-electron chi connectivity index (χ4n) is 4.73. The monoisotopic (exact) mass is 326 g/mol. The van der Waals surface area contributed by atoms with Crippen molar-refractivity contribution in [2.24, 2.45) is 40.6 Å². The van der Waals surface area contributed by atoms with Crippen LogP contribution in [0.15, 0.2) is 41.5 Å². The van der Waals surface area contributed by atoms with E-state index in [0.717, 1.165) is 10.6 Å². The first kappa shape index (κ1) is 13.5. The Morgan fingerprint density at radius 3 is 2.13 bits per heavy atom. The van der Waals surface area contributed by atoms with Crippen molar-refractivity contribution >= 4 is 29.6 Å². The largest absolute Gasteiger partial charge is 0.272 e. The van der Waals surface area contributed by atoms with Gasteiger partial charge < -0.3 is 0 Å². The maximum absolute atomic E-state index is 12.7. The van der Waals surface area contributed by atoms with E-state index in [1.54, 1.807) is 18.3 Å². The normalized spacial score (nSPS) is 40.0. The lowest BCUT2D eigenvalue weighted by Gasteiger charge is -2.37. The molecule has 2 bridgehead atoms. The Labute approximate surface area is 138 Å². The lowest BCUT2D eigenvalue weighted by Crippen LogP contribution is -2.40. The van der Waals surface area contributed by atoms with Crippen LogP contribution in [0.25, 0.3) is 0 Å². The van der Waals surface area contributed by atoms with Crippen LogP contribution in [0.4, 0.5) is 0 Å². The zero-order chi connectivity index (χ0) is 15.7. The summed E-state index contributed by atoms with van der Waals surface area (Å²) < 4.78 is 0. The Kier molecular flexibility index (Phi) is 2.66. The topological polar surface area (TPSA) is 49.7 Å². The fourth-order valence-corrected chi connectivity index (χ4v) is 4.85. The molecule has 5 heteroatoms. The summed E-state index contributed by atoms with van der Waals surface area (Å²) in [5.41, 5.74) is 0.814. The van der Waals surface area contributed by atoms with Crippen molar-refractivity contribution < 1.29 is 9.59 Å². The van der Waals surface area contributed by atoms with Gasteiger partial charge in [0, 0.05) is 5.02 Å². The first-order valence-corrected chi connectivity index (χ1v) is 8.38. The molecule has 5 aliphatic rings. The van der Waals surface area contributed by atoms with Gasteiger partial charge in [-0.25, -0.2) is 0 Å². The minimum atomic E-state index is -0.191. The molecule has 1 aliphatic heterocycles. The molecular formula is C18H15ClN2O2. The van der Waals surface area contributed by atoms with Gasteiger partial charge in [-0.3, -0.25) is 9.59 Å². The third-order valence-electron chi connectivity index (χ3n) is 5.83. The first-order chi connectivity index (χ1) is 11.1. The van der Waals surface area contributed by atoms with E-state index in [1.165, 1.54) is 6.42 Å². The van der Waals surface area contributed by atoms with Crippen molar-refractivity contribution in [1.82, 2.24) is 5.01 Å². The van der Waals surface area contributed by atoms with Gasteiger partial charge in [-0.1, -0.05) is 35.9 Å². The Balaban J connectivity index is 1.44. The number of benzene rings is 1. The summed E-state index contributed by atoms with van der Waals surface area (Å²) in [6.07, 6.45) is 7.05. The Morgan fingerprint density at radius 2 is 1.57 bits per heavy atom. The SMILES string of the molecule is O=C1[C@@H]2[C@@H]3C=C[C@H]([C@H]4C[C@H]34)[C@@H]2C(=O)N1/N=C/c1ccc(Cl)cc1. The summed E-state index contributed by atoms with van der Waals surface area (Å²) >= 11 is 5.85. The van der Waals surface area contributed by atoms with Gasteiger partial charge in [0.1, 0.15) is 0 Å². The highest BCUT2D eigenvalue weighted by atomic mass is 35.5. The summed E-state index contributed by atoms with van der Waals surface area (Å²) in [5, 5.41) is 5.93. The maximum Gasteiger partial charge on any atom is 0.254 e. The van der Waals surface area contributed by atoms with E-state index in [0.29, 0.717) is 16.9 Å². The summed E-state index contributed by atoms with van der Waals surface area (Å²) in [6.45, 7) is 0. The van der Waals surface area contributed by atoms with Gasteiger partial charge in [-0.05, 0) is 47.8 Å². The van der Waals surface area contributed by atoms with Gasteiger partial charge in [0.2, 0.25) is 0 Å². The van der Waals surface area contributed by atoms with Crippen LogP contribution in [0.2, 0.25) is 5.02 Å². The molecule has 6 rings (SSSR count). The number of hydrogen-bond acceptors (Lipinski definition) is 3. The number of allylic oxidation sites excluding steroid dienone is 2. The number of hydrazone groups is 1. The molecule has 23 heavy (non-hydrogen) atoms. The highest BCUT2D eigenvalue weighted by molar-refractivity contribution is 6.30. The smallest absolute Gasteiger partial charge is 0.254 e. The van der Waals surface area contributed by atoms with Crippen LogP contribution >= 0.6 is 11.6 Å². The zero-order valence-corrected chi connectivity index (χ0v) is 13.1. The second-order valence-electron chi connectivity index (χ2n) is 6.94. The van der Waals surface area contributed by atoms with Crippen molar-refractivity contribution in [1.29, 1.82) is 0 Å². The van der Waals surface area contributed by atoms with Gasteiger partial charge >= 0.3 is 0 Å². The van der Waals surface area contributed by atoms with Crippen LogP contribution in [0.1, 0.15) is 12.0 Å². The standard InChI is InChI=1S/C18H15ClN2O2/c19-10-3-1-9(2-4-10)8-20-21-17(22)15-11-5-6-12(14-7-13(11)14)16(15)18(21)23/h1-6,8,11-16H,7H2/b20-8+/t11-,12-,13-,14-,15-,16+/m1/s1. The molecule has 2 amide bonds. The van der Waals surface area contributed by atoms with E-state index >= 15 is 0 Å². The molecular weight excluding hydrogens is 312 g/mol. The van der Waals surface area contributed by atoms with E-state index in [2.05, 4.69) is 17.3 Å². The van der Waals surface area contributed by atoms with Crippen LogP contribution in [0.3, 0.4) is 0 Å². The number of carbonyl (C=O) groups is 2. The molecule has 0 unspecified atom stereocenters. The van der Waals surface area contributed by atoms with Crippen LogP contribution in [0.5, 0.6) is 0 Å². The number of nitrogens with zero attached hydrogens (tertiary/aromatic N) is 2. The second kappa shape index (κ2) is 4.54. The van der Waals surface area contributed by atoms with E-state index < -0.39 is 0 Å². The average molecular weight is 327 g/mol. The van der Waals surface area contributed by atoms with Crippen molar-refractivity contribution in [3.63, 3.8) is 0 Å². The molecule has 0 N–H and O–H groups in total. The molecule has 1 aromatic rings. The van der Waals surface area contributed by atoms with E-state index in [4.69, 9.17) is 11.6 Å². The summed E-state index contributed by atoms with van der Waals surface area (Å²) in [5.74, 6) is 1.06. The zero-order valence-electron chi connectivity index (χ0n) is 12.3. The van der Waals surface area contributed by atoms with Crippen molar-refractivity contribution in [2.45, 2.75) is 6.42 Å². The Hall–Kier alpha value is -1.94. The van der Waals surface area contributed by atoms with Crippen molar-refractivity contribution in [3.05, 3.63) is 47.0 Å². The number of amides is 2. The number of imide groups is 1. The van der Waals surface area contributed by atoms with Crippen LogP contribution in [-0.4, -0.2) is 23.0 Å². The molecule has 3 fully saturated rings. The van der Waals surface area contributed by atoms with Gasteiger partial charge in [0.05, 0.1) is 18.1 Å². The Bertz CT molecular complexity index is 734. The molecule has 0 aromatic heterocycles. The number of carbonyl (C=O) groups excluding carboxylic acids is 2. The van der Waals surface area contributed by atoms with Crippen LogP contribution in [-0.2, 0) is 9.59 Å². The second-order valence-corrected chi connectivity index (χ2v) is 7.38. The molecule has 6 atom stereocenters. The fraction of sp³-hybridized carbons (Fsp3) is 0.389. The van der Waals surface area contributed by atoms with Gasteiger partial charge in [0.25, 0.3) is 11.8 Å². The highest BCUT2D eigenvalue weighted by Crippen LogP contribution is 2.65. The summed E-state index contributed by atoms with van der Waals surface area (Å²) in [4.78, 5) is 25.4. The minimum Gasteiger partial charge on any atom is -0.272 e. The number of halogens is 1. The predicted molar refractivity (Wildman–Crippen MR) is 85.6 cm³/mol. The minimum absolute atomic E-state index is 0.130. The third kappa shape index (κ3) is 1.81. The maximum atomic E-state index is 12.7. The number of hydrogen-bond donors (Lipinski definition) is 0. The molecule has 0 radical (unpaired) electrons. The molecule has 1 aromatic carbocycles. The highest BCUT2D eigenvalue weighted by Gasteiger charge is 2.67. The van der Waals surface area contributed by atoms with Gasteiger partial charge in [0.15, 0.2) is 0 Å². The quantitative estimate of drug-likeness (QED) is 0.476.